The van der Waals surface area contributed by atoms with Crippen molar-refractivity contribution in [3.8, 4) is 0 Å². The van der Waals surface area contributed by atoms with Crippen molar-refractivity contribution in [2.75, 3.05) is 6.54 Å². The van der Waals surface area contributed by atoms with Gasteiger partial charge in [-0.3, -0.25) is 19.7 Å². The Morgan fingerprint density at radius 2 is 2.15 bits per heavy atom. The third-order valence-electron chi connectivity index (χ3n) is 3.82. The molecule has 0 atom stereocenters. The second-order valence-corrected chi connectivity index (χ2v) is 6.23. The van der Waals surface area contributed by atoms with E-state index in [2.05, 4.69) is 9.97 Å². The molecule has 3 aromatic rings. The molecule has 3 rings (SSSR count). The molecule has 1 aromatic carbocycles. The number of rotatable bonds is 6. The van der Waals surface area contributed by atoms with E-state index >= 15 is 0 Å². The number of carbonyl (C=O) groups excluding carboxylic acids is 1. The van der Waals surface area contributed by atoms with Gasteiger partial charge < -0.3 is 14.3 Å². The zero-order valence-electron chi connectivity index (χ0n) is 14.3. The van der Waals surface area contributed by atoms with Gasteiger partial charge in [-0.05, 0) is 30.7 Å². The highest BCUT2D eigenvalue weighted by atomic mass is 35.5. The van der Waals surface area contributed by atoms with Crippen LogP contribution in [0.1, 0.15) is 29.7 Å². The van der Waals surface area contributed by atoms with Gasteiger partial charge in [0.2, 0.25) is 0 Å². The number of hydrogen-bond donors (Lipinski definition) is 1. The normalized spacial score (nSPS) is 10.9. The molecule has 0 saturated heterocycles. The van der Waals surface area contributed by atoms with Crippen molar-refractivity contribution in [1.82, 2.24) is 14.9 Å². The van der Waals surface area contributed by atoms with Crippen molar-refractivity contribution < 1.29 is 14.1 Å². The zero-order valence-corrected chi connectivity index (χ0v) is 15.0. The summed E-state index contributed by atoms with van der Waals surface area (Å²) in [5, 5.41) is 11.6. The average Bonchev–Trinajstić information content (AvgIpc) is 3.10. The monoisotopic (exact) mass is 390 g/mol. The molecular weight excluding hydrogens is 376 g/mol. The molecule has 0 saturated carbocycles. The maximum atomic E-state index is 12.6. The summed E-state index contributed by atoms with van der Waals surface area (Å²) in [5.74, 6) is -0.917. The van der Waals surface area contributed by atoms with E-state index in [9.17, 15) is 19.7 Å². The van der Waals surface area contributed by atoms with E-state index in [1.165, 1.54) is 11.0 Å². The van der Waals surface area contributed by atoms with Crippen LogP contribution in [0.15, 0.2) is 39.5 Å². The minimum atomic E-state index is -0.715. The summed E-state index contributed by atoms with van der Waals surface area (Å²) in [6.45, 7) is 2.24. The van der Waals surface area contributed by atoms with Gasteiger partial charge in [0.1, 0.15) is 10.7 Å². The van der Waals surface area contributed by atoms with Gasteiger partial charge in [0.05, 0.1) is 23.5 Å². The molecular formula is C17H15ClN4O5. The highest BCUT2D eigenvalue weighted by Gasteiger charge is 2.23. The van der Waals surface area contributed by atoms with E-state index in [4.69, 9.17) is 16.0 Å². The molecule has 1 amide bonds. The Balaban J connectivity index is 1.91. The van der Waals surface area contributed by atoms with Gasteiger partial charge in [0, 0.05) is 11.6 Å². The minimum absolute atomic E-state index is 0.0128. The van der Waals surface area contributed by atoms with Crippen LogP contribution in [-0.2, 0) is 6.54 Å². The Morgan fingerprint density at radius 3 is 2.81 bits per heavy atom. The average molecular weight is 391 g/mol. The number of amides is 1. The lowest BCUT2D eigenvalue weighted by Crippen LogP contribution is -2.32. The van der Waals surface area contributed by atoms with Gasteiger partial charge in [-0.2, -0.15) is 0 Å². The molecule has 27 heavy (non-hydrogen) atoms. The zero-order chi connectivity index (χ0) is 19.6. The predicted molar refractivity (Wildman–Crippen MR) is 97.8 cm³/mol. The lowest BCUT2D eigenvalue weighted by atomic mass is 10.2. The fourth-order valence-corrected chi connectivity index (χ4v) is 2.80. The largest absolute Gasteiger partial charge is 0.433 e. The van der Waals surface area contributed by atoms with Crippen molar-refractivity contribution in [1.29, 1.82) is 0 Å². The van der Waals surface area contributed by atoms with Crippen LogP contribution >= 0.6 is 11.6 Å². The fourth-order valence-electron chi connectivity index (χ4n) is 2.64. The van der Waals surface area contributed by atoms with Gasteiger partial charge in [-0.25, -0.2) is 4.98 Å². The molecule has 9 nitrogen and oxygen atoms in total. The molecule has 0 unspecified atom stereocenters. The quantitative estimate of drug-likeness (QED) is 0.509. The first-order valence-electron chi connectivity index (χ1n) is 8.11. The van der Waals surface area contributed by atoms with Gasteiger partial charge in [-0.15, -0.1) is 0 Å². The third-order valence-corrected chi connectivity index (χ3v) is 4.06. The number of carbonyl (C=O) groups is 1. The summed E-state index contributed by atoms with van der Waals surface area (Å²) in [6.07, 6.45) is 0.637. The lowest BCUT2D eigenvalue weighted by Gasteiger charge is -2.20. The summed E-state index contributed by atoms with van der Waals surface area (Å²) < 4.78 is 4.98. The topological polar surface area (TPSA) is 122 Å². The first-order chi connectivity index (χ1) is 12.9. The molecule has 0 bridgehead atoms. The lowest BCUT2D eigenvalue weighted by molar-refractivity contribution is -0.402. The van der Waals surface area contributed by atoms with Crippen LogP contribution in [0.5, 0.6) is 0 Å². The number of nitrogens with zero attached hydrogens (tertiary/aromatic N) is 3. The van der Waals surface area contributed by atoms with Crippen molar-refractivity contribution in [2.45, 2.75) is 19.9 Å². The summed E-state index contributed by atoms with van der Waals surface area (Å²) in [5.41, 5.74) is 0.0722. The predicted octanol–water partition coefficient (Wildman–Crippen LogP) is 3.13. The summed E-state index contributed by atoms with van der Waals surface area (Å²) in [4.78, 5) is 43.3. The third kappa shape index (κ3) is 3.98. The number of aromatic amines is 1. The highest BCUT2D eigenvalue weighted by molar-refractivity contribution is 6.31. The number of benzene rings is 1. The summed E-state index contributed by atoms with van der Waals surface area (Å²) in [6, 6.07) is 7.11. The minimum Gasteiger partial charge on any atom is -0.395 e. The number of hydrogen-bond acceptors (Lipinski definition) is 6. The van der Waals surface area contributed by atoms with Crippen molar-refractivity contribution in [3.05, 3.63) is 67.4 Å². The molecule has 0 fully saturated rings. The van der Waals surface area contributed by atoms with E-state index in [-0.39, 0.29) is 23.7 Å². The van der Waals surface area contributed by atoms with E-state index in [0.29, 0.717) is 28.9 Å². The van der Waals surface area contributed by atoms with Crippen LogP contribution in [0, 0.1) is 10.1 Å². The molecule has 1 N–H and O–H groups in total. The molecule has 140 valence electrons. The Bertz CT molecular complexity index is 1070. The number of aromatic nitrogens is 2. The highest BCUT2D eigenvalue weighted by Crippen LogP contribution is 2.19. The number of nitro groups is 1. The van der Waals surface area contributed by atoms with E-state index < -0.39 is 16.7 Å². The number of nitrogens with one attached hydrogen (secondary N) is 1. The Labute approximate surface area is 157 Å². The first kappa shape index (κ1) is 18.6. The number of H-pyrrole nitrogens is 1. The first-order valence-corrected chi connectivity index (χ1v) is 8.48. The maximum Gasteiger partial charge on any atom is 0.433 e. The molecule has 0 aliphatic heterocycles. The van der Waals surface area contributed by atoms with Gasteiger partial charge in [0.25, 0.3) is 11.5 Å². The van der Waals surface area contributed by atoms with Crippen molar-refractivity contribution in [2.24, 2.45) is 0 Å². The van der Waals surface area contributed by atoms with Crippen LogP contribution < -0.4 is 5.56 Å². The second-order valence-electron chi connectivity index (χ2n) is 5.80. The number of fused-ring (bicyclic) bond motifs is 1. The van der Waals surface area contributed by atoms with Crippen LogP contribution in [0.25, 0.3) is 10.9 Å². The van der Waals surface area contributed by atoms with Crippen LogP contribution in [0.4, 0.5) is 5.88 Å². The fraction of sp³-hybridized carbons (Fsp3) is 0.235. The molecule has 2 heterocycles. The Kier molecular flexibility index (Phi) is 5.22. The number of furan rings is 1. The SMILES string of the molecule is CCCN(Cc1nc2cc(Cl)ccc2c(=O)[nH]1)C(=O)c1ccc([N+](=O)[O-])o1. The maximum absolute atomic E-state index is 12.6. The van der Waals surface area contributed by atoms with E-state index in [0.717, 1.165) is 6.07 Å². The van der Waals surface area contributed by atoms with Gasteiger partial charge >= 0.3 is 5.88 Å². The smallest absolute Gasteiger partial charge is 0.395 e. The molecule has 2 aromatic heterocycles. The summed E-state index contributed by atoms with van der Waals surface area (Å²) >= 11 is 5.95. The Hall–Kier alpha value is -3.20. The summed E-state index contributed by atoms with van der Waals surface area (Å²) in [7, 11) is 0. The Morgan fingerprint density at radius 1 is 1.37 bits per heavy atom. The molecule has 10 heteroatoms. The van der Waals surface area contributed by atoms with Crippen molar-refractivity contribution >= 4 is 34.3 Å². The molecule has 0 radical (unpaired) electrons. The van der Waals surface area contributed by atoms with Crippen LogP contribution in [-0.4, -0.2) is 32.2 Å². The van der Waals surface area contributed by atoms with Crippen LogP contribution in [0.2, 0.25) is 5.02 Å². The van der Waals surface area contributed by atoms with Crippen molar-refractivity contribution in [3.63, 3.8) is 0 Å². The second kappa shape index (κ2) is 7.58. The van der Waals surface area contributed by atoms with Gasteiger partial charge in [-0.1, -0.05) is 18.5 Å². The van der Waals surface area contributed by atoms with E-state index in [1.54, 1.807) is 18.2 Å². The molecule has 0 aliphatic rings. The van der Waals surface area contributed by atoms with E-state index in [1.807, 2.05) is 6.92 Å². The molecule has 0 aliphatic carbocycles. The standard InChI is InChI=1S/C17H15ClN4O5/c1-2-7-21(17(24)13-5-6-15(27-13)22(25)26)9-14-19-12-8-10(18)3-4-11(12)16(23)20-14/h3-6,8H,2,7,9H2,1H3,(H,19,20,23). The molecule has 0 spiro atoms. The van der Waals surface area contributed by atoms with Gasteiger partial charge in [0.15, 0.2) is 5.76 Å². The van der Waals surface area contributed by atoms with Crippen LogP contribution in [0.3, 0.4) is 0 Å². The number of halogens is 1.